The Morgan fingerprint density at radius 3 is 2.09 bits per heavy atom. The van der Waals surface area contributed by atoms with Crippen molar-refractivity contribution in [1.29, 1.82) is 0 Å². The molecule has 3 aromatic rings. The zero-order valence-corrected chi connectivity index (χ0v) is 18.4. The van der Waals surface area contributed by atoms with Gasteiger partial charge in [0, 0.05) is 12.3 Å². The lowest BCUT2D eigenvalue weighted by Crippen LogP contribution is -2.49. The van der Waals surface area contributed by atoms with Crippen LogP contribution >= 0.6 is 23.2 Å². The Morgan fingerprint density at radius 2 is 1.50 bits per heavy atom. The van der Waals surface area contributed by atoms with Crippen molar-refractivity contribution in [2.45, 2.75) is 24.9 Å². The van der Waals surface area contributed by atoms with Crippen LogP contribution in [0.4, 0.5) is 4.79 Å². The smallest absolute Gasteiger partial charge is 0.410 e. The molecule has 0 radical (unpaired) electrons. The Bertz CT molecular complexity index is 1200. The Morgan fingerprint density at radius 1 is 0.938 bits per heavy atom. The van der Waals surface area contributed by atoms with Crippen molar-refractivity contribution in [2.75, 3.05) is 6.61 Å². The lowest BCUT2D eigenvalue weighted by molar-refractivity contribution is -0.143. The van der Waals surface area contributed by atoms with E-state index in [-0.39, 0.29) is 25.5 Å². The zero-order chi connectivity index (χ0) is 22.4. The van der Waals surface area contributed by atoms with Crippen LogP contribution in [0.25, 0.3) is 11.1 Å². The van der Waals surface area contributed by atoms with E-state index < -0.39 is 18.1 Å². The van der Waals surface area contributed by atoms with Gasteiger partial charge in [0.1, 0.15) is 12.6 Å². The van der Waals surface area contributed by atoms with Crippen molar-refractivity contribution in [1.82, 2.24) is 4.90 Å². The van der Waals surface area contributed by atoms with E-state index in [9.17, 15) is 14.7 Å². The van der Waals surface area contributed by atoms with Crippen LogP contribution in [0, 0.1) is 0 Å². The molecule has 2 aliphatic rings. The number of halogens is 2. The number of carboxylic acids is 1. The number of carbonyl (C=O) groups is 2. The number of rotatable bonds is 3. The summed E-state index contributed by atoms with van der Waals surface area (Å²) in [6.07, 6.45) is -0.512. The van der Waals surface area contributed by atoms with Gasteiger partial charge in [-0.05, 0) is 45.5 Å². The molecule has 0 unspecified atom stereocenters. The van der Waals surface area contributed by atoms with Gasteiger partial charge in [-0.3, -0.25) is 4.90 Å². The lowest BCUT2D eigenvalue weighted by atomic mass is 9.94. The first-order chi connectivity index (χ1) is 15.4. The number of carbonyl (C=O) groups excluding carboxylic acids is 1. The maximum Gasteiger partial charge on any atom is 0.410 e. The number of aliphatic carboxylic acids is 1. The summed E-state index contributed by atoms with van der Waals surface area (Å²) in [6, 6.07) is 18.4. The molecule has 1 aliphatic carbocycles. The summed E-state index contributed by atoms with van der Waals surface area (Å²) in [5.74, 6) is -1.19. The van der Waals surface area contributed by atoms with E-state index in [0.717, 1.165) is 33.4 Å². The molecule has 0 saturated carbocycles. The first kappa shape index (κ1) is 20.9. The highest BCUT2D eigenvalue weighted by molar-refractivity contribution is 6.42. The van der Waals surface area contributed by atoms with Gasteiger partial charge < -0.3 is 9.84 Å². The van der Waals surface area contributed by atoms with Crippen LogP contribution in [0.1, 0.15) is 28.2 Å². The highest BCUT2D eigenvalue weighted by Gasteiger charge is 2.37. The molecule has 0 saturated heterocycles. The number of fused-ring (bicyclic) bond motifs is 4. The monoisotopic (exact) mass is 467 g/mol. The van der Waals surface area contributed by atoms with Gasteiger partial charge in [-0.1, -0.05) is 71.7 Å². The summed E-state index contributed by atoms with van der Waals surface area (Å²) in [7, 11) is 0. The van der Waals surface area contributed by atoms with Crippen molar-refractivity contribution in [3.05, 3.63) is 93.0 Å². The molecule has 7 heteroatoms. The fourth-order valence-corrected chi connectivity index (χ4v) is 5.04. The second-order valence-corrected chi connectivity index (χ2v) is 8.84. The molecule has 1 aliphatic heterocycles. The van der Waals surface area contributed by atoms with E-state index in [1.807, 2.05) is 36.4 Å². The van der Waals surface area contributed by atoms with Crippen LogP contribution in [0.2, 0.25) is 10.0 Å². The molecule has 5 nitrogen and oxygen atoms in total. The molecule has 32 heavy (non-hydrogen) atoms. The van der Waals surface area contributed by atoms with E-state index in [0.29, 0.717) is 10.0 Å². The number of ether oxygens (including phenoxy) is 1. The summed E-state index contributed by atoms with van der Waals surface area (Å²) in [5.41, 5.74) is 6.00. The molecule has 1 amide bonds. The highest BCUT2D eigenvalue weighted by atomic mass is 35.5. The highest BCUT2D eigenvalue weighted by Crippen LogP contribution is 2.44. The largest absolute Gasteiger partial charge is 0.480 e. The lowest BCUT2D eigenvalue weighted by Gasteiger charge is -2.34. The van der Waals surface area contributed by atoms with Gasteiger partial charge in [0.05, 0.1) is 16.6 Å². The third-order valence-electron chi connectivity index (χ3n) is 6.23. The molecular weight excluding hydrogens is 449 g/mol. The standard InChI is InChI=1S/C25H19Cl2NO4/c26-21-9-14-11-23(24(29)30)28(12-15(14)10-22(21)27)25(31)32-13-20-18-7-3-1-5-16(18)17-6-2-4-8-19(17)20/h1-10,20,23H,11-13H2,(H,29,30)/t23-/m0/s1. The summed E-state index contributed by atoms with van der Waals surface area (Å²) in [4.78, 5) is 26.2. The van der Waals surface area contributed by atoms with Crippen LogP contribution < -0.4 is 0 Å². The number of nitrogens with zero attached hydrogens (tertiary/aromatic N) is 1. The number of benzene rings is 3. The van der Waals surface area contributed by atoms with Crippen molar-refractivity contribution >= 4 is 35.3 Å². The Balaban J connectivity index is 1.39. The number of hydrogen-bond donors (Lipinski definition) is 1. The van der Waals surface area contributed by atoms with Gasteiger partial charge in [0.25, 0.3) is 0 Å². The predicted molar refractivity (Wildman–Crippen MR) is 122 cm³/mol. The third kappa shape index (κ3) is 3.51. The van der Waals surface area contributed by atoms with Crippen LogP contribution in [-0.2, 0) is 22.5 Å². The average Bonchev–Trinajstić information content (AvgIpc) is 3.11. The molecule has 5 rings (SSSR count). The van der Waals surface area contributed by atoms with Gasteiger partial charge in [-0.15, -0.1) is 0 Å². The van der Waals surface area contributed by atoms with Crippen molar-refractivity contribution < 1.29 is 19.4 Å². The fraction of sp³-hybridized carbons (Fsp3) is 0.200. The van der Waals surface area contributed by atoms with Gasteiger partial charge in [0.2, 0.25) is 0 Å². The SMILES string of the molecule is O=C(O)[C@@H]1Cc2cc(Cl)c(Cl)cc2CN1C(=O)OCC1c2ccccc2-c2ccccc21. The minimum Gasteiger partial charge on any atom is -0.480 e. The average molecular weight is 468 g/mol. The van der Waals surface area contributed by atoms with Crippen molar-refractivity contribution in [2.24, 2.45) is 0 Å². The van der Waals surface area contributed by atoms with Gasteiger partial charge in [-0.2, -0.15) is 0 Å². The van der Waals surface area contributed by atoms with Gasteiger partial charge in [0.15, 0.2) is 0 Å². The van der Waals surface area contributed by atoms with E-state index in [4.69, 9.17) is 27.9 Å². The molecule has 3 aromatic carbocycles. The number of carboxylic acid groups (broad SMARTS) is 1. The molecule has 1 heterocycles. The van der Waals surface area contributed by atoms with E-state index in [1.54, 1.807) is 12.1 Å². The van der Waals surface area contributed by atoms with Crippen LogP contribution in [0.5, 0.6) is 0 Å². The van der Waals surface area contributed by atoms with Crippen molar-refractivity contribution in [3.63, 3.8) is 0 Å². The van der Waals surface area contributed by atoms with Crippen LogP contribution in [0.3, 0.4) is 0 Å². The zero-order valence-electron chi connectivity index (χ0n) is 16.9. The molecule has 1 N–H and O–H groups in total. The van der Waals surface area contributed by atoms with Crippen LogP contribution in [0.15, 0.2) is 60.7 Å². The normalized spacial score (nSPS) is 16.8. The second kappa shape index (κ2) is 8.15. The van der Waals surface area contributed by atoms with E-state index in [2.05, 4.69) is 12.1 Å². The number of amides is 1. The fourth-order valence-electron chi connectivity index (χ4n) is 4.67. The second-order valence-electron chi connectivity index (χ2n) is 8.03. The molecule has 1 atom stereocenters. The molecule has 0 fully saturated rings. The van der Waals surface area contributed by atoms with Gasteiger partial charge >= 0.3 is 12.1 Å². The Hall–Kier alpha value is -3.02. The third-order valence-corrected chi connectivity index (χ3v) is 6.95. The molecule has 0 aromatic heterocycles. The summed E-state index contributed by atoms with van der Waals surface area (Å²) >= 11 is 12.2. The quantitative estimate of drug-likeness (QED) is 0.531. The van der Waals surface area contributed by atoms with Crippen molar-refractivity contribution in [3.8, 4) is 11.1 Å². The first-order valence-electron chi connectivity index (χ1n) is 10.2. The van der Waals surface area contributed by atoms with E-state index in [1.165, 1.54) is 4.90 Å². The van der Waals surface area contributed by atoms with Gasteiger partial charge in [-0.25, -0.2) is 9.59 Å². The molecule has 162 valence electrons. The first-order valence-corrected chi connectivity index (χ1v) is 11.0. The maximum atomic E-state index is 13.0. The summed E-state index contributed by atoms with van der Waals surface area (Å²) < 4.78 is 5.69. The predicted octanol–water partition coefficient (Wildman–Crippen LogP) is 5.75. The summed E-state index contributed by atoms with van der Waals surface area (Å²) in [5, 5.41) is 10.5. The molecular formula is C25H19Cl2NO4. The number of hydrogen-bond acceptors (Lipinski definition) is 3. The Labute approximate surface area is 195 Å². The molecule has 0 spiro atoms. The maximum absolute atomic E-state index is 13.0. The minimum absolute atomic E-state index is 0.0971. The Kier molecular flexibility index (Phi) is 5.31. The molecule has 0 bridgehead atoms. The minimum atomic E-state index is -1.09. The topological polar surface area (TPSA) is 66.8 Å². The van der Waals surface area contributed by atoms with Crippen LogP contribution in [-0.4, -0.2) is 34.7 Å². The van der Waals surface area contributed by atoms with E-state index >= 15 is 0 Å². The summed E-state index contributed by atoms with van der Waals surface area (Å²) in [6.45, 7) is 0.226.